The third kappa shape index (κ3) is 4.86. The number of nitrogens with zero attached hydrogens (tertiary/aromatic N) is 4. The van der Waals surface area contributed by atoms with E-state index in [4.69, 9.17) is 0 Å². The zero-order valence-corrected chi connectivity index (χ0v) is 16.6. The summed E-state index contributed by atoms with van der Waals surface area (Å²) in [6.45, 7) is 4.59. The second kappa shape index (κ2) is 8.96. The number of aromatic nitrogens is 4. The number of piperidine rings is 1. The lowest BCUT2D eigenvalue weighted by Crippen LogP contribution is -2.40. The lowest BCUT2D eigenvalue weighted by Gasteiger charge is -2.31. The lowest BCUT2D eigenvalue weighted by atomic mass is 9.96. The predicted molar refractivity (Wildman–Crippen MR) is 112 cm³/mol. The van der Waals surface area contributed by atoms with Crippen molar-refractivity contribution in [2.24, 2.45) is 5.92 Å². The molecular weight excluding hydrogens is 364 g/mol. The molecule has 2 N–H and O–H groups in total. The van der Waals surface area contributed by atoms with Gasteiger partial charge in [0.1, 0.15) is 5.82 Å². The smallest absolute Gasteiger partial charge is 0.228 e. The Hall–Kier alpha value is -3.06. The number of carbonyl (C=O) groups excluding carboxylic acids is 1. The molecule has 3 heterocycles. The normalized spacial score (nSPS) is 17.2. The minimum Gasteiger partial charge on any atom is -0.326 e. The number of aromatic amines is 1. The van der Waals surface area contributed by atoms with Crippen molar-refractivity contribution in [1.29, 1.82) is 0 Å². The fourth-order valence-electron chi connectivity index (χ4n) is 3.71. The van der Waals surface area contributed by atoms with E-state index in [-0.39, 0.29) is 11.8 Å². The summed E-state index contributed by atoms with van der Waals surface area (Å²) >= 11 is 0. The van der Waals surface area contributed by atoms with Crippen LogP contribution in [0, 0.1) is 5.92 Å². The Morgan fingerprint density at radius 3 is 2.69 bits per heavy atom. The number of rotatable bonds is 6. The molecule has 7 nitrogen and oxygen atoms in total. The van der Waals surface area contributed by atoms with Crippen LogP contribution in [-0.4, -0.2) is 44.1 Å². The summed E-state index contributed by atoms with van der Waals surface area (Å²) in [5.41, 5.74) is 3.92. The minimum atomic E-state index is -0.00753. The quantitative estimate of drug-likeness (QED) is 0.674. The number of aryl methyl sites for hydroxylation is 1. The van der Waals surface area contributed by atoms with E-state index in [0.29, 0.717) is 0 Å². The molecule has 7 heteroatoms. The molecule has 3 aromatic rings. The first-order valence-electron chi connectivity index (χ1n) is 10.1. The number of H-pyrrole nitrogens is 1. The molecule has 0 saturated carbocycles. The van der Waals surface area contributed by atoms with Crippen LogP contribution in [0.4, 0.5) is 5.69 Å². The molecule has 1 amide bonds. The maximum Gasteiger partial charge on any atom is 0.228 e. The molecule has 2 aromatic heterocycles. The Bertz CT molecular complexity index is 921. The zero-order valence-electron chi connectivity index (χ0n) is 16.6. The molecule has 150 valence electrons. The Morgan fingerprint density at radius 2 is 2.00 bits per heavy atom. The van der Waals surface area contributed by atoms with Crippen LogP contribution in [0.1, 0.15) is 31.2 Å². The number of amides is 1. The third-order valence-corrected chi connectivity index (χ3v) is 5.32. The monoisotopic (exact) mass is 390 g/mol. The summed E-state index contributed by atoms with van der Waals surface area (Å²) < 4.78 is 0. The SMILES string of the molecule is CCc1ncc(CN2CCC[C@H](C(=O)Nc3ccc(-c4ccn[nH]4)cc3)C2)cn1. The molecule has 0 spiro atoms. The fourth-order valence-corrected chi connectivity index (χ4v) is 3.71. The first-order chi connectivity index (χ1) is 14.2. The number of anilines is 1. The largest absolute Gasteiger partial charge is 0.326 e. The van der Waals surface area contributed by atoms with Gasteiger partial charge in [0, 0.05) is 49.4 Å². The number of benzene rings is 1. The Balaban J connectivity index is 1.33. The summed E-state index contributed by atoms with van der Waals surface area (Å²) in [6, 6.07) is 9.75. The topological polar surface area (TPSA) is 86.8 Å². The number of nitrogens with one attached hydrogen (secondary N) is 2. The van der Waals surface area contributed by atoms with E-state index in [1.54, 1.807) is 6.20 Å². The second-order valence-corrected chi connectivity index (χ2v) is 7.47. The Labute approximate surface area is 170 Å². The molecule has 0 unspecified atom stereocenters. The summed E-state index contributed by atoms with van der Waals surface area (Å²) in [6.07, 6.45) is 8.30. The predicted octanol–water partition coefficient (Wildman–Crippen LogP) is 3.28. The molecule has 1 saturated heterocycles. The van der Waals surface area contributed by atoms with E-state index in [9.17, 15) is 4.79 Å². The summed E-state index contributed by atoms with van der Waals surface area (Å²) in [7, 11) is 0. The van der Waals surface area contributed by atoms with Crippen molar-refractivity contribution in [2.45, 2.75) is 32.7 Å². The third-order valence-electron chi connectivity index (χ3n) is 5.32. The van der Waals surface area contributed by atoms with E-state index in [1.807, 2.05) is 49.6 Å². The van der Waals surface area contributed by atoms with Crippen molar-refractivity contribution >= 4 is 11.6 Å². The van der Waals surface area contributed by atoms with Gasteiger partial charge in [-0.2, -0.15) is 5.10 Å². The highest BCUT2D eigenvalue weighted by atomic mass is 16.1. The van der Waals surface area contributed by atoms with Crippen LogP contribution in [0.5, 0.6) is 0 Å². The van der Waals surface area contributed by atoms with E-state index in [0.717, 1.165) is 67.2 Å². The number of hydrogen-bond acceptors (Lipinski definition) is 5. The highest BCUT2D eigenvalue weighted by Gasteiger charge is 2.26. The van der Waals surface area contributed by atoms with Crippen LogP contribution in [0.3, 0.4) is 0 Å². The maximum absolute atomic E-state index is 12.8. The molecule has 0 bridgehead atoms. The van der Waals surface area contributed by atoms with E-state index in [2.05, 4.69) is 30.4 Å². The van der Waals surface area contributed by atoms with Crippen LogP contribution in [0.25, 0.3) is 11.3 Å². The number of carbonyl (C=O) groups is 1. The molecule has 1 aliphatic rings. The molecule has 1 aromatic carbocycles. The summed E-state index contributed by atoms with van der Waals surface area (Å²) in [5.74, 6) is 0.941. The maximum atomic E-state index is 12.8. The first-order valence-corrected chi connectivity index (χ1v) is 10.1. The average Bonchev–Trinajstić information content (AvgIpc) is 3.30. The van der Waals surface area contributed by atoms with Crippen molar-refractivity contribution in [3.8, 4) is 11.3 Å². The van der Waals surface area contributed by atoms with Gasteiger partial charge in [0.25, 0.3) is 0 Å². The van der Waals surface area contributed by atoms with Gasteiger partial charge in [-0.15, -0.1) is 0 Å². The Morgan fingerprint density at radius 1 is 1.21 bits per heavy atom. The molecule has 0 radical (unpaired) electrons. The molecular formula is C22H26N6O. The van der Waals surface area contributed by atoms with Crippen LogP contribution < -0.4 is 5.32 Å². The van der Waals surface area contributed by atoms with E-state index in [1.165, 1.54) is 0 Å². The van der Waals surface area contributed by atoms with E-state index >= 15 is 0 Å². The zero-order chi connectivity index (χ0) is 20.1. The van der Waals surface area contributed by atoms with Crippen molar-refractivity contribution < 1.29 is 4.79 Å². The van der Waals surface area contributed by atoms with Crippen molar-refractivity contribution in [3.63, 3.8) is 0 Å². The molecule has 1 aliphatic heterocycles. The molecule has 29 heavy (non-hydrogen) atoms. The number of likely N-dealkylation sites (tertiary alicyclic amines) is 1. The molecule has 0 aliphatic carbocycles. The van der Waals surface area contributed by atoms with Gasteiger partial charge in [-0.1, -0.05) is 19.1 Å². The lowest BCUT2D eigenvalue weighted by molar-refractivity contribution is -0.121. The van der Waals surface area contributed by atoms with Gasteiger partial charge >= 0.3 is 0 Å². The standard InChI is InChI=1S/C22H26N6O/c1-2-21-23-12-16(13-24-21)14-28-11-3-4-18(15-28)22(29)26-19-7-5-17(6-8-19)20-9-10-25-27-20/h5-10,12-13,18H,2-4,11,14-15H2,1H3,(H,25,27)(H,26,29)/t18-/m0/s1. The highest BCUT2D eigenvalue weighted by molar-refractivity contribution is 5.93. The van der Waals surface area contributed by atoms with Gasteiger partial charge in [0.05, 0.1) is 11.6 Å². The number of hydrogen-bond donors (Lipinski definition) is 2. The molecule has 4 rings (SSSR count). The van der Waals surface area contributed by atoms with Gasteiger partial charge in [-0.25, -0.2) is 9.97 Å². The van der Waals surface area contributed by atoms with Crippen LogP contribution in [0.2, 0.25) is 0 Å². The van der Waals surface area contributed by atoms with Crippen LogP contribution in [0.15, 0.2) is 48.9 Å². The van der Waals surface area contributed by atoms with E-state index < -0.39 is 0 Å². The fraction of sp³-hybridized carbons (Fsp3) is 0.364. The van der Waals surface area contributed by atoms with Gasteiger partial charge in [0.15, 0.2) is 0 Å². The summed E-state index contributed by atoms with van der Waals surface area (Å²) in [5, 5.41) is 9.98. The molecule has 1 atom stereocenters. The van der Waals surface area contributed by atoms with Gasteiger partial charge in [0.2, 0.25) is 5.91 Å². The highest BCUT2D eigenvalue weighted by Crippen LogP contribution is 2.22. The van der Waals surface area contributed by atoms with Crippen molar-refractivity contribution in [2.75, 3.05) is 18.4 Å². The minimum absolute atomic E-state index is 0.00753. The van der Waals surface area contributed by atoms with Crippen LogP contribution in [-0.2, 0) is 17.8 Å². The average molecular weight is 390 g/mol. The van der Waals surface area contributed by atoms with Gasteiger partial charge in [-0.3, -0.25) is 14.8 Å². The van der Waals surface area contributed by atoms with Crippen LogP contribution >= 0.6 is 0 Å². The Kier molecular flexibility index (Phi) is 5.95. The summed E-state index contributed by atoms with van der Waals surface area (Å²) in [4.78, 5) is 23.9. The molecule has 1 fully saturated rings. The van der Waals surface area contributed by atoms with Crippen molar-refractivity contribution in [3.05, 3.63) is 60.3 Å². The van der Waals surface area contributed by atoms with Gasteiger partial charge < -0.3 is 5.32 Å². The van der Waals surface area contributed by atoms with Crippen molar-refractivity contribution in [1.82, 2.24) is 25.1 Å². The van der Waals surface area contributed by atoms with Gasteiger partial charge in [-0.05, 0) is 43.1 Å². The first kappa shape index (κ1) is 19.3. The second-order valence-electron chi connectivity index (χ2n) is 7.47.